The van der Waals surface area contributed by atoms with Crippen molar-refractivity contribution in [3.8, 4) is 0 Å². The molecule has 0 radical (unpaired) electrons. The Morgan fingerprint density at radius 1 is 0.909 bits per heavy atom. The molecule has 3 heterocycles. The summed E-state index contributed by atoms with van der Waals surface area (Å²) in [6.07, 6.45) is 11.2. The second-order valence-corrected chi connectivity index (χ2v) is 10.7. The normalized spacial score (nSPS) is 30.3. The van der Waals surface area contributed by atoms with Crippen molar-refractivity contribution < 1.29 is 14.1 Å². The maximum absolute atomic E-state index is 13.0. The van der Waals surface area contributed by atoms with Crippen LogP contribution in [0.4, 0.5) is 5.95 Å². The fourth-order valence-electron chi connectivity index (χ4n) is 7.10. The average molecular weight is 456 g/mol. The SMILES string of the molecule is NCCCC[N+]1(CCCCN2C(=O)[C@@H]3[C@@H]4CC[C@@H](C4)[C@@H]3C2=O)CCN(c2ncccn2)CC1. The van der Waals surface area contributed by atoms with Gasteiger partial charge in [0, 0.05) is 18.9 Å². The van der Waals surface area contributed by atoms with E-state index in [2.05, 4.69) is 14.9 Å². The zero-order valence-electron chi connectivity index (χ0n) is 19.8. The van der Waals surface area contributed by atoms with Gasteiger partial charge in [-0.05, 0) is 69.4 Å². The third kappa shape index (κ3) is 4.39. The van der Waals surface area contributed by atoms with E-state index in [9.17, 15) is 9.59 Å². The minimum absolute atomic E-state index is 0.0131. The Morgan fingerprint density at radius 3 is 2.12 bits per heavy atom. The number of likely N-dealkylation sites (tertiary alicyclic amines) is 1. The van der Waals surface area contributed by atoms with Crippen LogP contribution >= 0.6 is 0 Å². The highest BCUT2D eigenvalue weighted by atomic mass is 16.2. The van der Waals surface area contributed by atoms with Gasteiger partial charge in [-0.25, -0.2) is 9.97 Å². The number of carbonyl (C=O) groups is 2. The molecule has 2 aliphatic carbocycles. The van der Waals surface area contributed by atoms with Gasteiger partial charge in [0.1, 0.15) is 0 Å². The van der Waals surface area contributed by atoms with Crippen molar-refractivity contribution in [1.29, 1.82) is 0 Å². The third-order valence-corrected chi connectivity index (χ3v) is 8.89. The molecular weight excluding hydrogens is 416 g/mol. The molecule has 8 nitrogen and oxygen atoms in total. The molecule has 180 valence electrons. The van der Waals surface area contributed by atoms with Crippen LogP contribution < -0.4 is 10.6 Å². The summed E-state index contributed by atoms with van der Waals surface area (Å²) < 4.78 is 1.10. The van der Waals surface area contributed by atoms with E-state index in [1.165, 1.54) is 0 Å². The largest absolute Gasteiger partial charge is 0.330 e. The molecule has 0 spiro atoms. The van der Waals surface area contributed by atoms with E-state index in [1.807, 2.05) is 6.07 Å². The summed E-state index contributed by atoms with van der Waals surface area (Å²) in [7, 11) is 0. The highest BCUT2D eigenvalue weighted by Crippen LogP contribution is 2.56. The summed E-state index contributed by atoms with van der Waals surface area (Å²) in [5.74, 6) is 2.08. The van der Waals surface area contributed by atoms with Gasteiger partial charge in [-0.3, -0.25) is 14.5 Å². The number of unbranched alkanes of at least 4 members (excludes halogenated alkanes) is 2. The number of hydrogen-bond donors (Lipinski definition) is 1. The van der Waals surface area contributed by atoms with Crippen molar-refractivity contribution >= 4 is 17.8 Å². The quantitative estimate of drug-likeness (QED) is 0.328. The molecule has 5 rings (SSSR count). The molecule has 1 aromatic rings. The molecule has 0 unspecified atom stereocenters. The van der Waals surface area contributed by atoms with Crippen LogP contribution in [0.25, 0.3) is 0 Å². The van der Waals surface area contributed by atoms with E-state index in [-0.39, 0.29) is 23.7 Å². The minimum atomic E-state index is 0.0131. The lowest BCUT2D eigenvalue weighted by molar-refractivity contribution is -0.929. The number of rotatable bonds is 10. The van der Waals surface area contributed by atoms with Gasteiger partial charge in [0.15, 0.2) is 0 Å². The van der Waals surface area contributed by atoms with Gasteiger partial charge in [0.2, 0.25) is 17.8 Å². The van der Waals surface area contributed by atoms with Crippen molar-refractivity contribution in [1.82, 2.24) is 14.9 Å². The zero-order valence-corrected chi connectivity index (χ0v) is 19.8. The topological polar surface area (TPSA) is 92.4 Å². The monoisotopic (exact) mass is 455 g/mol. The number of nitrogens with zero attached hydrogens (tertiary/aromatic N) is 5. The summed E-state index contributed by atoms with van der Waals surface area (Å²) in [5, 5.41) is 0. The molecule has 2 bridgehead atoms. The number of nitrogens with two attached hydrogens (primary N) is 1. The van der Waals surface area contributed by atoms with E-state index in [0.29, 0.717) is 18.4 Å². The Morgan fingerprint density at radius 2 is 1.52 bits per heavy atom. The fraction of sp³-hybridized carbons (Fsp3) is 0.760. The highest BCUT2D eigenvalue weighted by Gasteiger charge is 2.60. The van der Waals surface area contributed by atoms with E-state index < -0.39 is 0 Å². The van der Waals surface area contributed by atoms with Crippen LogP contribution in [0.1, 0.15) is 44.9 Å². The number of aromatic nitrogens is 2. The van der Waals surface area contributed by atoms with Crippen LogP contribution in [0, 0.1) is 23.7 Å². The summed E-state index contributed by atoms with van der Waals surface area (Å²) in [6, 6.07) is 1.86. The lowest BCUT2D eigenvalue weighted by Gasteiger charge is -2.45. The second kappa shape index (κ2) is 9.66. The van der Waals surface area contributed by atoms with Crippen LogP contribution in [0.3, 0.4) is 0 Å². The second-order valence-electron chi connectivity index (χ2n) is 10.7. The molecule has 4 aliphatic rings. The fourth-order valence-corrected chi connectivity index (χ4v) is 7.10. The van der Waals surface area contributed by atoms with Gasteiger partial charge in [-0.2, -0.15) is 0 Å². The van der Waals surface area contributed by atoms with Crippen molar-refractivity contribution in [2.75, 3.05) is 57.3 Å². The lowest BCUT2D eigenvalue weighted by Crippen LogP contribution is -2.60. The highest BCUT2D eigenvalue weighted by molar-refractivity contribution is 6.06. The number of anilines is 1. The molecule has 8 heteroatoms. The number of quaternary nitrogens is 1. The van der Waals surface area contributed by atoms with E-state index >= 15 is 0 Å². The molecule has 2 aliphatic heterocycles. The predicted octanol–water partition coefficient (Wildman–Crippen LogP) is 1.66. The Labute approximate surface area is 197 Å². The standard InChI is InChI=1S/C25H39N6O2/c26-8-1-3-14-31(16-12-29(13-17-31)25-27-9-5-10-28-25)15-4-2-11-30-23(32)21-19-6-7-20(18-19)22(21)24(30)33/h5,9-10,19-22H,1-4,6-8,11-18,26H2/q+1/t19-,20+,21-,22+. The zero-order chi connectivity index (χ0) is 22.8. The van der Waals surface area contributed by atoms with Crippen LogP contribution in [0.15, 0.2) is 18.5 Å². The van der Waals surface area contributed by atoms with Gasteiger partial charge in [-0.15, -0.1) is 0 Å². The number of hydrogen-bond acceptors (Lipinski definition) is 6. The van der Waals surface area contributed by atoms with E-state index in [1.54, 1.807) is 17.3 Å². The molecular formula is C25H39N6O2+. The Kier molecular flexibility index (Phi) is 6.65. The Balaban J connectivity index is 1.14. The summed E-state index contributed by atoms with van der Waals surface area (Å²) in [4.78, 5) is 38.7. The lowest BCUT2D eigenvalue weighted by atomic mass is 9.81. The first-order valence-electron chi connectivity index (χ1n) is 13.0. The molecule has 2 amide bonds. The molecule has 4 atom stereocenters. The Hall–Kier alpha value is -2.06. The average Bonchev–Trinajstić information content (AvgIpc) is 3.53. The van der Waals surface area contributed by atoms with Gasteiger partial charge in [0.25, 0.3) is 0 Å². The number of imide groups is 1. The van der Waals surface area contributed by atoms with Crippen LogP contribution in [-0.4, -0.2) is 83.5 Å². The van der Waals surface area contributed by atoms with Crippen LogP contribution in [-0.2, 0) is 9.59 Å². The molecule has 0 aromatic carbocycles. The van der Waals surface area contributed by atoms with Crippen LogP contribution in [0.2, 0.25) is 0 Å². The number of amides is 2. The van der Waals surface area contributed by atoms with Gasteiger partial charge in [0.05, 0.1) is 51.1 Å². The van der Waals surface area contributed by atoms with Gasteiger partial charge >= 0.3 is 0 Å². The molecule has 2 saturated carbocycles. The van der Waals surface area contributed by atoms with Gasteiger partial charge < -0.3 is 15.1 Å². The van der Waals surface area contributed by atoms with Crippen molar-refractivity contribution in [3.05, 3.63) is 18.5 Å². The third-order valence-electron chi connectivity index (χ3n) is 8.89. The minimum Gasteiger partial charge on any atom is -0.330 e. The predicted molar refractivity (Wildman–Crippen MR) is 126 cm³/mol. The Bertz CT molecular complexity index is 813. The number of piperazine rings is 1. The van der Waals surface area contributed by atoms with Crippen molar-refractivity contribution in [2.45, 2.75) is 44.9 Å². The first kappa shape index (κ1) is 22.7. The molecule has 4 fully saturated rings. The molecule has 2 N–H and O–H groups in total. The smallest absolute Gasteiger partial charge is 0.233 e. The maximum atomic E-state index is 13.0. The molecule has 1 aromatic heterocycles. The summed E-state index contributed by atoms with van der Waals surface area (Å²) in [6.45, 7) is 7.68. The first-order valence-corrected chi connectivity index (χ1v) is 13.0. The van der Waals surface area contributed by atoms with Crippen molar-refractivity contribution in [3.63, 3.8) is 0 Å². The van der Waals surface area contributed by atoms with Gasteiger partial charge in [-0.1, -0.05) is 0 Å². The molecule has 2 saturated heterocycles. The van der Waals surface area contributed by atoms with Crippen molar-refractivity contribution in [2.24, 2.45) is 29.4 Å². The summed E-state index contributed by atoms with van der Waals surface area (Å²) >= 11 is 0. The first-order chi connectivity index (χ1) is 16.1. The molecule has 33 heavy (non-hydrogen) atoms. The van der Waals surface area contributed by atoms with E-state index in [0.717, 1.165) is 101 Å². The van der Waals surface area contributed by atoms with E-state index in [4.69, 9.17) is 5.73 Å². The summed E-state index contributed by atoms with van der Waals surface area (Å²) in [5.41, 5.74) is 5.76. The maximum Gasteiger partial charge on any atom is 0.233 e. The number of fused-ring (bicyclic) bond motifs is 5. The number of carbonyl (C=O) groups excluding carboxylic acids is 2. The van der Waals surface area contributed by atoms with Crippen LogP contribution in [0.5, 0.6) is 0 Å².